The van der Waals surface area contributed by atoms with Gasteiger partial charge in [0.05, 0.1) is 6.04 Å². The zero-order chi connectivity index (χ0) is 12.6. The summed E-state index contributed by atoms with van der Waals surface area (Å²) in [6.45, 7) is 2.24. The third-order valence-electron chi connectivity index (χ3n) is 3.16. The van der Waals surface area contributed by atoms with E-state index in [0.717, 1.165) is 0 Å². The van der Waals surface area contributed by atoms with Gasteiger partial charge in [-0.1, -0.05) is 68.3 Å². The molecule has 2 aromatic rings. The van der Waals surface area contributed by atoms with Crippen LogP contribution in [0.4, 0.5) is 5.69 Å². The smallest absolute Gasteiger partial charge is 0.0513 e. The molecule has 0 heterocycles. The molecule has 0 unspecified atom stereocenters. The number of hydrogen-bond donors (Lipinski definition) is 1. The monoisotopic (exact) mass is 239 g/mol. The largest absolute Gasteiger partial charge is 0.378 e. The highest BCUT2D eigenvalue weighted by Crippen LogP contribution is 2.24. The highest BCUT2D eigenvalue weighted by atomic mass is 14.9. The zero-order valence-corrected chi connectivity index (χ0v) is 11.0. The first kappa shape index (κ1) is 12.7. The van der Waals surface area contributed by atoms with E-state index in [1.807, 2.05) is 0 Å². The minimum atomic E-state index is 0.411. The molecule has 1 heteroatoms. The number of nitrogens with one attached hydrogen (secondary N) is 1. The number of unbranched alkanes of at least 4 members (excludes halogenated alkanes) is 1. The summed E-state index contributed by atoms with van der Waals surface area (Å²) in [7, 11) is 0. The topological polar surface area (TPSA) is 12.0 Å². The van der Waals surface area contributed by atoms with E-state index in [4.69, 9.17) is 0 Å². The molecule has 0 bridgehead atoms. The Balaban J connectivity index is 2.10. The van der Waals surface area contributed by atoms with Crippen LogP contribution >= 0.6 is 0 Å². The maximum Gasteiger partial charge on any atom is 0.0513 e. The molecule has 0 saturated carbocycles. The van der Waals surface area contributed by atoms with E-state index < -0.39 is 0 Å². The molecule has 0 aromatic heterocycles. The molecular formula is C17H21N. The second kappa shape index (κ2) is 6.85. The van der Waals surface area contributed by atoms with E-state index in [1.54, 1.807) is 0 Å². The number of hydrogen-bond acceptors (Lipinski definition) is 1. The lowest BCUT2D eigenvalue weighted by Gasteiger charge is -2.20. The summed E-state index contributed by atoms with van der Waals surface area (Å²) in [6.07, 6.45) is 3.66. The van der Waals surface area contributed by atoms with E-state index in [9.17, 15) is 0 Å². The van der Waals surface area contributed by atoms with Crippen LogP contribution in [0.1, 0.15) is 37.8 Å². The predicted octanol–water partition coefficient (Wildman–Crippen LogP) is 5.03. The molecule has 94 valence electrons. The van der Waals surface area contributed by atoms with Crippen molar-refractivity contribution < 1.29 is 0 Å². The van der Waals surface area contributed by atoms with Crippen LogP contribution in [0.3, 0.4) is 0 Å². The molecule has 0 amide bonds. The Morgan fingerprint density at radius 2 is 1.50 bits per heavy atom. The first-order chi connectivity index (χ1) is 8.90. The maximum atomic E-state index is 3.63. The minimum absolute atomic E-state index is 0.411. The molecule has 0 aliphatic carbocycles. The third kappa shape index (κ3) is 3.63. The molecule has 2 aromatic carbocycles. The average Bonchev–Trinajstić information content (AvgIpc) is 2.45. The summed E-state index contributed by atoms with van der Waals surface area (Å²) in [6, 6.07) is 21.6. The van der Waals surface area contributed by atoms with Crippen LogP contribution in [0.25, 0.3) is 0 Å². The van der Waals surface area contributed by atoms with Crippen LogP contribution < -0.4 is 5.32 Å². The zero-order valence-electron chi connectivity index (χ0n) is 11.0. The van der Waals surface area contributed by atoms with Crippen molar-refractivity contribution in [3.63, 3.8) is 0 Å². The fraction of sp³-hybridized carbons (Fsp3) is 0.294. The standard InChI is InChI=1S/C17H21N/c1-2-3-14-17(15-10-6-4-7-11-15)18-16-12-8-5-9-13-16/h4-13,17-18H,2-3,14H2,1H3/t17-/m1/s1. The van der Waals surface area contributed by atoms with Crippen molar-refractivity contribution in [3.05, 3.63) is 66.2 Å². The third-order valence-corrected chi connectivity index (χ3v) is 3.16. The lowest BCUT2D eigenvalue weighted by atomic mass is 10.0. The van der Waals surface area contributed by atoms with Gasteiger partial charge in [0.25, 0.3) is 0 Å². The SMILES string of the molecule is CCCC[C@@H](Nc1ccccc1)c1ccccc1. The van der Waals surface area contributed by atoms with Gasteiger partial charge in [-0.05, 0) is 24.1 Å². The Labute approximate surface area is 110 Å². The Kier molecular flexibility index (Phi) is 4.83. The van der Waals surface area contributed by atoms with E-state index in [0.29, 0.717) is 6.04 Å². The highest BCUT2D eigenvalue weighted by Gasteiger charge is 2.09. The summed E-state index contributed by atoms with van der Waals surface area (Å²) in [5.41, 5.74) is 2.57. The molecule has 1 atom stereocenters. The highest BCUT2D eigenvalue weighted by molar-refractivity contribution is 5.45. The van der Waals surface area contributed by atoms with Gasteiger partial charge in [0.1, 0.15) is 0 Å². The second-order valence-corrected chi connectivity index (χ2v) is 4.62. The van der Waals surface area contributed by atoms with E-state index in [2.05, 4.69) is 72.9 Å². The molecule has 0 aliphatic rings. The lowest BCUT2D eigenvalue weighted by Crippen LogP contribution is -2.10. The first-order valence-electron chi connectivity index (χ1n) is 6.76. The summed E-state index contributed by atoms with van der Waals surface area (Å²) in [5.74, 6) is 0. The number of anilines is 1. The van der Waals surface area contributed by atoms with Crippen molar-refractivity contribution in [3.8, 4) is 0 Å². The molecule has 2 rings (SSSR count). The second-order valence-electron chi connectivity index (χ2n) is 4.62. The Bertz CT molecular complexity index is 436. The molecule has 0 aliphatic heterocycles. The van der Waals surface area contributed by atoms with Gasteiger partial charge < -0.3 is 5.32 Å². The quantitative estimate of drug-likeness (QED) is 0.745. The minimum Gasteiger partial charge on any atom is -0.378 e. The number of rotatable bonds is 6. The molecule has 0 spiro atoms. The molecule has 1 N–H and O–H groups in total. The molecule has 0 fully saturated rings. The Hall–Kier alpha value is -1.76. The van der Waals surface area contributed by atoms with E-state index in [-0.39, 0.29) is 0 Å². The molecule has 0 saturated heterocycles. The molecule has 18 heavy (non-hydrogen) atoms. The van der Waals surface area contributed by atoms with Crippen LogP contribution in [0.2, 0.25) is 0 Å². The normalized spacial score (nSPS) is 12.1. The predicted molar refractivity (Wildman–Crippen MR) is 78.8 cm³/mol. The Morgan fingerprint density at radius 1 is 0.889 bits per heavy atom. The lowest BCUT2D eigenvalue weighted by molar-refractivity contribution is 0.634. The van der Waals surface area contributed by atoms with E-state index in [1.165, 1.54) is 30.5 Å². The number of para-hydroxylation sites is 1. The van der Waals surface area contributed by atoms with Gasteiger partial charge in [0.2, 0.25) is 0 Å². The molecule has 1 nitrogen and oxygen atoms in total. The fourth-order valence-corrected chi connectivity index (χ4v) is 2.15. The van der Waals surface area contributed by atoms with E-state index >= 15 is 0 Å². The van der Waals surface area contributed by atoms with Gasteiger partial charge in [-0.3, -0.25) is 0 Å². The van der Waals surface area contributed by atoms with Crippen molar-refractivity contribution in [2.75, 3.05) is 5.32 Å². The summed E-state index contributed by atoms with van der Waals surface area (Å²) < 4.78 is 0. The van der Waals surface area contributed by atoms with Crippen molar-refractivity contribution in [2.45, 2.75) is 32.2 Å². The van der Waals surface area contributed by atoms with Gasteiger partial charge in [0.15, 0.2) is 0 Å². The van der Waals surface area contributed by atoms with Gasteiger partial charge in [0, 0.05) is 5.69 Å². The van der Waals surface area contributed by atoms with Gasteiger partial charge in [-0.25, -0.2) is 0 Å². The summed E-state index contributed by atoms with van der Waals surface area (Å²) in [4.78, 5) is 0. The van der Waals surface area contributed by atoms with Crippen molar-refractivity contribution in [1.82, 2.24) is 0 Å². The van der Waals surface area contributed by atoms with Crippen molar-refractivity contribution in [2.24, 2.45) is 0 Å². The van der Waals surface area contributed by atoms with Gasteiger partial charge in [-0.15, -0.1) is 0 Å². The van der Waals surface area contributed by atoms with Crippen LogP contribution in [0.5, 0.6) is 0 Å². The molecular weight excluding hydrogens is 218 g/mol. The number of benzene rings is 2. The van der Waals surface area contributed by atoms with Crippen molar-refractivity contribution in [1.29, 1.82) is 0 Å². The Morgan fingerprint density at radius 3 is 2.11 bits per heavy atom. The van der Waals surface area contributed by atoms with Crippen LogP contribution in [0.15, 0.2) is 60.7 Å². The van der Waals surface area contributed by atoms with Crippen LogP contribution in [-0.4, -0.2) is 0 Å². The fourth-order valence-electron chi connectivity index (χ4n) is 2.15. The van der Waals surface area contributed by atoms with Gasteiger partial charge >= 0.3 is 0 Å². The van der Waals surface area contributed by atoms with Crippen molar-refractivity contribution >= 4 is 5.69 Å². The summed E-state index contributed by atoms with van der Waals surface area (Å²) >= 11 is 0. The molecule has 0 radical (unpaired) electrons. The first-order valence-corrected chi connectivity index (χ1v) is 6.76. The maximum absolute atomic E-state index is 3.63. The van der Waals surface area contributed by atoms with Crippen LogP contribution in [0, 0.1) is 0 Å². The van der Waals surface area contributed by atoms with Crippen LogP contribution in [-0.2, 0) is 0 Å². The summed E-state index contributed by atoms with van der Waals surface area (Å²) in [5, 5.41) is 3.63. The van der Waals surface area contributed by atoms with Gasteiger partial charge in [-0.2, -0.15) is 0 Å². The average molecular weight is 239 g/mol.